The molecule has 0 spiro atoms. The fraction of sp³-hybridized carbons (Fsp3) is 0.188. The Hall–Kier alpha value is -2.24. The van der Waals surface area contributed by atoms with E-state index in [1.807, 2.05) is 18.2 Å². The molecule has 0 bridgehead atoms. The lowest BCUT2D eigenvalue weighted by molar-refractivity contribution is 0.574. The van der Waals surface area contributed by atoms with Gasteiger partial charge in [0, 0.05) is 25.0 Å². The van der Waals surface area contributed by atoms with E-state index < -0.39 is 0 Å². The van der Waals surface area contributed by atoms with Crippen LogP contribution >= 0.6 is 11.6 Å². The highest BCUT2D eigenvalue weighted by Gasteiger charge is 2.07. The summed E-state index contributed by atoms with van der Waals surface area (Å²) >= 11 is 6.11. The van der Waals surface area contributed by atoms with E-state index in [4.69, 9.17) is 11.6 Å². The maximum absolute atomic E-state index is 6.11. The molecule has 0 aliphatic heterocycles. The first-order valence-electron chi connectivity index (χ1n) is 7.01. The number of nitrogens with one attached hydrogen (secondary N) is 1. The quantitative estimate of drug-likeness (QED) is 0.786. The highest BCUT2D eigenvalue weighted by molar-refractivity contribution is 6.31. The van der Waals surface area contributed by atoms with E-state index in [0.29, 0.717) is 11.6 Å². The Labute approximate surface area is 134 Å². The van der Waals surface area contributed by atoms with Crippen molar-refractivity contribution in [2.24, 2.45) is 0 Å². The Bertz CT molecular complexity index is 725. The summed E-state index contributed by atoms with van der Waals surface area (Å²) in [7, 11) is 0. The van der Waals surface area contributed by atoms with Crippen molar-refractivity contribution in [3.63, 3.8) is 0 Å². The maximum atomic E-state index is 6.11. The molecule has 0 saturated carbocycles. The second kappa shape index (κ2) is 6.68. The number of hydrogen-bond acceptors (Lipinski definition) is 4. The van der Waals surface area contributed by atoms with Gasteiger partial charge in [0.15, 0.2) is 0 Å². The zero-order valence-corrected chi connectivity index (χ0v) is 12.9. The van der Waals surface area contributed by atoms with E-state index in [-0.39, 0.29) is 6.04 Å². The van der Waals surface area contributed by atoms with Gasteiger partial charge in [-0.25, -0.2) is 9.67 Å². The van der Waals surface area contributed by atoms with Gasteiger partial charge in [-0.05, 0) is 36.2 Å². The van der Waals surface area contributed by atoms with Crippen LogP contribution in [0.25, 0.3) is 5.69 Å². The number of rotatable bonds is 5. The van der Waals surface area contributed by atoms with Crippen molar-refractivity contribution >= 4 is 11.6 Å². The molecule has 0 saturated heterocycles. The van der Waals surface area contributed by atoms with Gasteiger partial charge in [0.05, 0.1) is 10.7 Å². The van der Waals surface area contributed by atoms with Crippen LogP contribution in [-0.4, -0.2) is 19.7 Å². The Morgan fingerprint density at radius 1 is 1.18 bits per heavy atom. The molecule has 0 unspecified atom stereocenters. The number of nitrogens with zero attached hydrogens (tertiary/aromatic N) is 4. The van der Waals surface area contributed by atoms with E-state index in [0.717, 1.165) is 11.3 Å². The van der Waals surface area contributed by atoms with Gasteiger partial charge < -0.3 is 5.32 Å². The van der Waals surface area contributed by atoms with Crippen molar-refractivity contribution in [3.05, 3.63) is 71.5 Å². The van der Waals surface area contributed by atoms with E-state index in [1.54, 1.807) is 23.4 Å². The molecular weight excluding hydrogens is 298 g/mol. The monoisotopic (exact) mass is 313 g/mol. The summed E-state index contributed by atoms with van der Waals surface area (Å²) in [6.07, 6.45) is 6.62. The Morgan fingerprint density at radius 3 is 2.68 bits per heavy atom. The molecule has 1 N–H and O–H groups in total. The highest BCUT2D eigenvalue weighted by Crippen LogP contribution is 2.18. The summed E-state index contributed by atoms with van der Waals surface area (Å²) < 4.78 is 1.73. The Balaban J connectivity index is 1.65. The van der Waals surface area contributed by atoms with Crippen molar-refractivity contribution in [3.8, 4) is 5.69 Å². The standard InChI is InChI=1S/C16H16ClN5/c1-12(20-8-14-6-7-18-9-16(14)17)13-2-4-15(5-3-13)22-11-19-10-21-22/h2-7,9-12,20H,8H2,1H3/t12-/m1/s1. The molecule has 0 aliphatic rings. The molecule has 2 aromatic heterocycles. The van der Waals surface area contributed by atoms with Crippen LogP contribution in [0.4, 0.5) is 0 Å². The molecule has 0 fully saturated rings. The third-order valence-corrected chi connectivity index (χ3v) is 3.87. The van der Waals surface area contributed by atoms with Crippen molar-refractivity contribution < 1.29 is 0 Å². The Morgan fingerprint density at radius 2 is 2.00 bits per heavy atom. The topological polar surface area (TPSA) is 55.6 Å². The van der Waals surface area contributed by atoms with Crippen molar-refractivity contribution in [1.29, 1.82) is 0 Å². The van der Waals surface area contributed by atoms with Crippen LogP contribution in [0.2, 0.25) is 5.02 Å². The first-order valence-corrected chi connectivity index (χ1v) is 7.38. The van der Waals surface area contributed by atoms with E-state index in [2.05, 4.69) is 39.4 Å². The average Bonchev–Trinajstić information content (AvgIpc) is 3.08. The van der Waals surface area contributed by atoms with Crippen molar-refractivity contribution in [2.75, 3.05) is 0 Å². The summed E-state index contributed by atoms with van der Waals surface area (Å²) in [6, 6.07) is 10.4. The predicted octanol–water partition coefficient (Wildman–Crippen LogP) is 3.17. The summed E-state index contributed by atoms with van der Waals surface area (Å²) in [5, 5.41) is 8.26. The second-order valence-electron chi connectivity index (χ2n) is 5.00. The minimum Gasteiger partial charge on any atom is -0.306 e. The second-order valence-corrected chi connectivity index (χ2v) is 5.41. The number of halogens is 1. The van der Waals surface area contributed by atoms with Gasteiger partial charge in [0.1, 0.15) is 12.7 Å². The van der Waals surface area contributed by atoms with Crippen LogP contribution in [-0.2, 0) is 6.54 Å². The van der Waals surface area contributed by atoms with Gasteiger partial charge in [-0.3, -0.25) is 4.98 Å². The molecule has 1 aromatic carbocycles. The van der Waals surface area contributed by atoms with E-state index >= 15 is 0 Å². The lowest BCUT2D eigenvalue weighted by atomic mass is 10.1. The molecule has 5 nitrogen and oxygen atoms in total. The molecule has 0 radical (unpaired) electrons. The maximum Gasteiger partial charge on any atom is 0.138 e. The van der Waals surface area contributed by atoms with Crippen LogP contribution in [0.5, 0.6) is 0 Å². The first kappa shape index (κ1) is 14.7. The molecule has 3 rings (SSSR count). The van der Waals surface area contributed by atoms with Gasteiger partial charge in [0.2, 0.25) is 0 Å². The summed E-state index contributed by atoms with van der Waals surface area (Å²) in [5.74, 6) is 0. The minimum atomic E-state index is 0.217. The van der Waals surface area contributed by atoms with Gasteiger partial charge in [-0.1, -0.05) is 23.7 Å². The summed E-state index contributed by atoms with van der Waals surface area (Å²) in [6.45, 7) is 2.83. The third-order valence-electron chi connectivity index (χ3n) is 3.53. The van der Waals surface area contributed by atoms with Crippen LogP contribution in [0, 0.1) is 0 Å². The fourth-order valence-electron chi connectivity index (χ4n) is 2.19. The fourth-order valence-corrected chi connectivity index (χ4v) is 2.37. The Kier molecular flexibility index (Phi) is 4.46. The van der Waals surface area contributed by atoms with Crippen molar-refractivity contribution in [1.82, 2.24) is 25.1 Å². The van der Waals surface area contributed by atoms with Crippen LogP contribution in [0.15, 0.2) is 55.4 Å². The normalized spacial score (nSPS) is 12.3. The average molecular weight is 314 g/mol. The SMILES string of the molecule is C[C@@H](NCc1ccncc1Cl)c1ccc(-n2cncn2)cc1. The molecular formula is C16H16ClN5. The molecule has 2 heterocycles. The number of benzene rings is 1. The van der Waals surface area contributed by atoms with Gasteiger partial charge >= 0.3 is 0 Å². The van der Waals surface area contributed by atoms with Crippen LogP contribution in [0.1, 0.15) is 24.1 Å². The van der Waals surface area contributed by atoms with E-state index in [9.17, 15) is 0 Å². The van der Waals surface area contributed by atoms with Crippen LogP contribution < -0.4 is 5.32 Å². The number of pyridine rings is 1. The zero-order chi connectivity index (χ0) is 15.4. The lowest BCUT2D eigenvalue weighted by Crippen LogP contribution is -2.18. The molecule has 112 valence electrons. The van der Waals surface area contributed by atoms with Gasteiger partial charge in [-0.15, -0.1) is 0 Å². The first-order chi connectivity index (χ1) is 10.7. The lowest BCUT2D eigenvalue weighted by Gasteiger charge is -2.15. The zero-order valence-electron chi connectivity index (χ0n) is 12.1. The number of aromatic nitrogens is 4. The number of hydrogen-bond donors (Lipinski definition) is 1. The molecule has 0 amide bonds. The molecule has 6 heteroatoms. The predicted molar refractivity (Wildman–Crippen MR) is 85.9 cm³/mol. The smallest absolute Gasteiger partial charge is 0.138 e. The third kappa shape index (κ3) is 3.32. The largest absolute Gasteiger partial charge is 0.306 e. The molecule has 22 heavy (non-hydrogen) atoms. The molecule has 3 aromatic rings. The van der Waals surface area contributed by atoms with Gasteiger partial charge in [-0.2, -0.15) is 5.10 Å². The molecule has 0 aliphatic carbocycles. The van der Waals surface area contributed by atoms with E-state index in [1.165, 1.54) is 11.9 Å². The summed E-state index contributed by atoms with van der Waals surface area (Å²) in [4.78, 5) is 7.94. The molecule has 1 atom stereocenters. The van der Waals surface area contributed by atoms with Crippen LogP contribution in [0.3, 0.4) is 0 Å². The minimum absolute atomic E-state index is 0.217. The summed E-state index contributed by atoms with van der Waals surface area (Å²) in [5.41, 5.74) is 3.24. The van der Waals surface area contributed by atoms with Gasteiger partial charge in [0.25, 0.3) is 0 Å². The highest BCUT2D eigenvalue weighted by atomic mass is 35.5. The van der Waals surface area contributed by atoms with Crippen molar-refractivity contribution in [2.45, 2.75) is 19.5 Å².